The Hall–Kier alpha value is -0.310. The summed E-state index contributed by atoms with van der Waals surface area (Å²) in [6.45, 7) is 0.744. The zero-order chi connectivity index (χ0) is 13.3. The lowest BCUT2D eigenvalue weighted by atomic mass is 10.2. The van der Waals surface area contributed by atoms with E-state index in [-0.39, 0.29) is 5.91 Å². The van der Waals surface area contributed by atoms with E-state index >= 15 is 0 Å². The molecule has 0 unspecified atom stereocenters. The van der Waals surface area contributed by atoms with E-state index in [0.29, 0.717) is 25.9 Å². The molecule has 1 amide bonds. The Morgan fingerprint density at radius 3 is 2.59 bits per heavy atom. The molecule has 0 fully saturated rings. The number of nitrogens with two attached hydrogens (primary N) is 1. The van der Waals surface area contributed by atoms with E-state index in [9.17, 15) is 13.2 Å². The molecule has 0 aliphatic rings. The summed E-state index contributed by atoms with van der Waals surface area (Å²) in [4.78, 5) is 11.4. The standard InChI is InChI=1S/C9H21N3O3S2/c1-16-7-4-8(10)9(13)11-5-3-6-12-17(2,14)15/h8,12H,3-7,10H2,1-2H3,(H,11,13)/t8-/m1/s1. The minimum Gasteiger partial charge on any atom is -0.355 e. The lowest BCUT2D eigenvalue weighted by Crippen LogP contribution is -2.41. The second kappa shape index (κ2) is 8.73. The highest BCUT2D eigenvalue weighted by Crippen LogP contribution is 1.98. The topological polar surface area (TPSA) is 101 Å². The third-order valence-electron chi connectivity index (χ3n) is 1.99. The van der Waals surface area contributed by atoms with Gasteiger partial charge in [0.05, 0.1) is 12.3 Å². The largest absolute Gasteiger partial charge is 0.355 e. The molecule has 0 aromatic heterocycles. The third-order valence-corrected chi connectivity index (χ3v) is 3.36. The number of carbonyl (C=O) groups excluding carboxylic acids is 1. The fourth-order valence-electron chi connectivity index (χ4n) is 1.06. The van der Waals surface area contributed by atoms with Crippen molar-refractivity contribution < 1.29 is 13.2 Å². The number of hydrogen-bond acceptors (Lipinski definition) is 5. The number of carbonyl (C=O) groups is 1. The quantitative estimate of drug-likeness (QED) is 0.477. The summed E-state index contributed by atoms with van der Waals surface area (Å²) in [6, 6.07) is -0.481. The molecule has 17 heavy (non-hydrogen) atoms. The van der Waals surface area contributed by atoms with Gasteiger partial charge < -0.3 is 11.1 Å². The molecule has 102 valence electrons. The van der Waals surface area contributed by atoms with E-state index in [4.69, 9.17) is 5.73 Å². The summed E-state index contributed by atoms with van der Waals surface area (Å²) < 4.78 is 23.8. The van der Waals surface area contributed by atoms with Gasteiger partial charge in [-0.3, -0.25) is 4.79 Å². The first-order valence-electron chi connectivity index (χ1n) is 5.33. The van der Waals surface area contributed by atoms with Crippen molar-refractivity contribution >= 4 is 27.7 Å². The predicted molar refractivity (Wildman–Crippen MR) is 71.4 cm³/mol. The summed E-state index contributed by atoms with van der Waals surface area (Å²) >= 11 is 1.65. The smallest absolute Gasteiger partial charge is 0.236 e. The van der Waals surface area contributed by atoms with Gasteiger partial charge in [-0.1, -0.05) is 0 Å². The van der Waals surface area contributed by atoms with Crippen molar-refractivity contribution in [1.82, 2.24) is 10.0 Å². The molecule has 6 nitrogen and oxygen atoms in total. The van der Waals surface area contributed by atoms with Crippen molar-refractivity contribution in [3.8, 4) is 0 Å². The van der Waals surface area contributed by atoms with Crippen LogP contribution in [0.4, 0.5) is 0 Å². The highest BCUT2D eigenvalue weighted by atomic mass is 32.2. The number of thioether (sulfide) groups is 1. The average molecular weight is 283 g/mol. The number of nitrogens with one attached hydrogen (secondary N) is 2. The number of amides is 1. The fourth-order valence-corrected chi connectivity index (χ4v) is 2.07. The molecule has 8 heteroatoms. The molecule has 0 aromatic rings. The van der Waals surface area contributed by atoms with Gasteiger partial charge in [-0.15, -0.1) is 0 Å². The first-order valence-corrected chi connectivity index (χ1v) is 8.62. The Kier molecular flexibility index (Phi) is 8.57. The summed E-state index contributed by atoms with van der Waals surface area (Å²) in [5.74, 6) is 0.669. The number of sulfonamides is 1. The number of hydrogen-bond donors (Lipinski definition) is 3. The first-order chi connectivity index (χ1) is 7.87. The minimum absolute atomic E-state index is 0.182. The van der Waals surface area contributed by atoms with Crippen molar-refractivity contribution in [1.29, 1.82) is 0 Å². The molecule has 0 aromatic carbocycles. The Labute approximate surface area is 107 Å². The Bertz CT molecular complexity index is 319. The van der Waals surface area contributed by atoms with E-state index in [1.807, 2.05) is 6.26 Å². The summed E-state index contributed by atoms with van der Waals surface area (Å²) in [5, 5.41) is 2.67. The Balaban J connectivity index is 3.57. The molecule has 0 radical (unpaired) electrons. The van der Waals surface area contributed by atoms with E-state index in [2.05, 4.69) is 10.0 Å². The monoisotopic (exact) mass is 283 g/mol. The van der Waals surface area contributed by atoms with Crippen molar-refractivity contribution in [2.24, 2.45) is 5.73 Å². The molecule has 1 atom stereocenters. The van der Waals surface area contributed by atoms with E-state index in [0.717, 1.165) is 12.0 Å². The molecular formula is C9H21N3O3S2. The van der Waals surface area contributed by atoms with Gasteiger partial charge >= 0.3 is 0 Å². The van der Waals surface area contributed by atoms with Crippen LogP contribution in [0.15, 0.2) is 0 Å². The highest BCUT2D eigenvalue weighted by molar-refractivity contribution is 7.98. The van der Waals surface area contributed by atoms with Gasteiger partial charge in [-0.25, -0.2) is 13.1 Å². The molecule has 0 aliphatic heterocycles. The van der Waals surface area contributed by atoms with Crippen molar-refractivity contribution in [2.75, 3.05) is 31.4 Å². The average Bonchev–Trinajstić information content (AvgIpc) is 2.23. The van der Waals surface area contributed by atoms with Crippen LogP contribution in [0, 0.1) is 0 Å². The predicted octanol–water partition coefficient (Wildman–Crippen LogP) is -0.878. The van der Waals surface area contributed by atoms with Crippen molar-refractivity contribution in [3.63, 3.8) is 0 Å². The first kappa shape index (κ1) is 16.7. The van der Waals surface area contributed by atoms with Crippen LogP contribution < -0.4 is 15.8 Å². The van der Waals surface area contributed by atoms with Crippen LogP contribution in [0.1, 0.15) is 12.8 Å². The number of rotatable bonds is 9. The molecule has 0 rings (SSSR count). The van der Waals surface area contributed by atoms with Gasteiger partial charge in [0.25, 0.3) is 0 Å². The molecule has 0 aliphatic carbocycles. The van der Waals surface area contributed by atoms with E-state index in [1.54, 1.807) is 11.8 Å². The normalized spacial score (nSPS) is 13.4. The Morgan fingerprint density at radius 2 is 2.06 bits per heavy atom. The van der Waals surface area contributed by atoms with Crippen LogP contribution >= 0.6 is 11.8 Å². The summed E-state index contributed by atoms with van der Waals surface area (Å²) in [7, 11) is -3.14. The minimum atomic E-state index is -3.14. The Morgan fingerprint density at radius 1 is 1.41 bits per heavy atom. The highest BCUT2D eigenvalue weighted by Gasteiger charge is 2.11. The molecule has 0 saturated heterocycles. The van der Waals surface area contributed by atoms with Gasteiger partial charge in [0.1, 0.15) is 0 Å². The molecule has 4 N–H and O–H groups in total. The van der Waals surface area contributed by atoms with Crippen LogP contribution in [0.3, 0.4) is 0 Å². The molecule has 0 bridgehead atoms. The van der Waals surface area contributed by atoms with Crippen LogP contribution in [-0.2, 0) is 14.8 Å². The van der Waals surface area contributed by atoms with Crippen molar-refractivity contribution in [3.05, 3.63) is 0 Å². The van der Waals surface area contributed by atoms with E-state index < -0.39 is 16.1 Å². The van der Waals surface area contributed by atoms with Crippen LogP contribution in [0.25, 0.3) is 0 Å². The zero-order valence-electron chi connectivity index (χ0n) is 10.2. The van der Waals surface area contributed by atoms with Gasteiger partial charge in [0, 0.05) is 13.1 Å². The van der Waals surface area contributed by atoms with Crippen LogP contribution in [-0.4, -0.2) is 51.7 Å². The molecule has 0 heterocycles. The zero-order valence-corrected chi connectivity index (χ0v) is 11.9. The maximum absolute atomic E-state index is 11.4. The summed E-state index contributed by atoms with van der Waals surface area (Å²) in [5.41, 5.74) is 5.65. The van der Waals surface area contributed by atoms with Crippen molar-refractivity contribution in [2.45, 2.75) is 18.9 Å². The van der Waals surface area contributed by atoms with Gasteiger partial charge in [0.2, 0.25) is 15.9 Å². The lowest BCUT2D eigenvalue weighted by molar-refractivity contribution is -0.122. The van der Waals surface area contributed by atoms with Gasteiger partial charge in [-0.05, 0) is 24.9 Å². The van der Waals surface area contributed by atoms with Crippen LogP contribution in [0.2, 0.25) is 0 Å². The van der Waals surface area contributed by atoms with E-state index in [1.165, 1.54) is 0 Å². The third kappa shape index (κ3) is 10.6. The van der Waals surface area contributed by atoms with Crippen LogP contribution in [0.5, 0.6) is 0 Å². The fraction of sp³-hybridized carbons (Fsp3) is 0.889. The summed E-state index contributed by atoms with van der Waals surface area (Å²) in [6.07, 6.45) is 4.26. The maximum Gasteiger partial charge on any atom is 0.236 e. The second-order valence-electron chi connectivity index (χ2n) is 3.70. The second-order valence-corrected chi connectivity index (χ2v) is 6.52. The molecule has 0 spiro atoms. The maximum atomic E-state index is 11.4. The molecule has 0 saturated carbocycles. The van der Waals surface area contributed by atoms with Gasteiger partial charge in [-0.2, -0.15) is 11.8 Å². The lowest BCUT2D eigenvalue weighted by Gasteiger charge is -2.11. The SMILES string of the molecule is CSCC[C@@H](N)C(=O)NCCCNS(C)(=O)=O. The molecular weight excluding hydrogens is 262 g/mol. The van der Waals surface area contributed by atoms with Gasteiger partial charge in [0.15, 0.2) is 0 Å².